The lowest BCUT2D eigenvalue weighted by molar-refractivity contribution is 0.198. The Morgan fingerprint density at radius 3 is 2.65 bits per heavy atom. The van der Waals surface area contributed by atoms with E-state index >= 15 is 0 Å². The molecule has 0 unspecified atom stereocenters. The summed E-state index contributed by atoms with van der Waals surface area (Å²) in [5.74, 6) is 0.982. The van der Waals surface area contributed by atoms with Gasteiger partial charge in [0, 0.05) is 32.1 Å². The van der Waals surface area contributed by atoms with Crippen LogP contribution in [0.25, 0.3) is 11.0 Å². The quantitative estimate of drug-likeness (QED) is 0.366. The van der Waals surface area contributed by atoms with Crippen molar-refractivity contribution in [2.45, 2.75) is 43.8 Å². The van der Waals surface area contributed by atoms with Crippen molar-refractivity contribution in [2.75, 3.05) is 20.6 Å². The Morgan fingerprint density at radius 1 is 1.12 bits per heavy atom. The molecule has 8 heteroatoms. The lowest BCUT2D eigenvalue weighted by atomic mass is 9.93. The van der Waals surface area contributed by atoms with Gasteiger partial charge in [-0.2, -0.15) is 0 Å². The molecule has 0 saturated carbocycles. The number of imidazole rings is 1. The van der Waals surface area contributed by atoms with Crippen LogP contribution in [-0.4, -0.2) is 47.8 Å². The molecule has 0 saturated heterocycles. The summed E-state index contributed by atoms with van der Waals surface area (Å²) in [6, 6.07) is 18.4. The second kappa shape index (κ2) is 9.26. The maximum Gasteiger partial charge on any atom is 0.242 e. The molecule has 5 rings (SSSR count). The van der Waals surface area contributed by atoms with Crippen molar-refractivity contribution in [1.29, 1.82) is 0 Å². The minimum atomic E-state index is -3.51. The smallest absolute Gasteiger partial charge is 0.242 e. The molecule has 0 N–H and O–H groups in total. The molecule has 4 aromatic rings. The standard InChI is InChI=1S/C26H30N4O2S2/c1-4-14-30-23-11-10-20(34(31,32)28(2)3)17-22(23)27-25(30)18-29-15-12-24-21(13-16-33-24)26(29)19-8-6-5-7-9-19/h5-11,13,16-17,26H,4,12,14-15,18H2,1-3H3/t26-/m0/s1. The fraction of sp³-hybridized carbons (Fsp3) is 0.346. The van der Waals surface area contributed by atoms with Crippen molar-refractivity contribution in [3.63, 3.8) is 0 Å². The van der Waals surface area contributed by atoms with Gasteiger partial charge >= 0.3 is 0 Å². The molecule has 1 aliphatic rings. The van der Waals surface area contributed by atoms with Crippen LogP contribution in [0.1, 0.15) is 41.2 Å². The average Bonchev–Trinajstić information content (AvgIpc) is 3.44. The lowest BCUT2D eigenvalue weighted by Gasteiger charge is -2.36. The van der Waals surface area contributed by atoms with Gasteiger partial charge in [0.2, 0.25) is 10.0 Å². The van der Waals surface area contributed by atoms with Crippen molar-refractivity contribution >= 4 is 32.4 Å². The Bertz CT molecular complexity index is 1410. The van der Waals surface area contributed by atoms with E-state index in [4.69, 9.17) is 4.98 Å². The van der Waals surface area contributed by atoms with Crippen LogP contribution < -0.4 is 0 Å². The van der Waals surface area contributed by atoms with E-state index in [-0.39, 0.29) is 10.9 Å². The van der Waals surface area contributed by atoms with E-state index in [1.165, 1.54) is 20.3 Å². The fourth-order valence-electron chi connectivity index (χ4n) is 4.87. The Kier molecular flexibility index (Phi) is 6.33. The summed E-state index contributed by atoms with van der Waals surface area (Å²) in [5.41, 5.74) is 4.40. The minimum Gasteiger partial charge on any atom is -0.327 e. The molecule has 178 valence electrons. The van der Waals surface area contributed by atoms with Gasteiger partial charge in [-0.1, -0.05) is 37.3 Å². The monoisotopic (exact) mass is 494 g/mol. The molecule has 1 atom stereocenters. The first kappa shape index (κ1) is 23.2. The summed E-state index contributed by atoms with van der Waals surface area (Å²) in [6.45, 7) is 4.67. The third-order valence-electron chi connectivity index (χ3n) is 6.55. The molecular formula is C26H30N4O2S2. The van der Waals surface area contributed by atoms with Gasteiger partial charge in [-0.05, 0) is 53.6 Å². The second-order valence-corrected chi connectivity index (χ2v) is 12.1. The normalized spacial score (nSPS) is 16.9. The summed E-state index contributed by atoms with van der Waals surface area (Å²) < 4.78 is 28.9. The highest BCUT2D eigenvalue weighted by Crippen LogP contribution is 2.38. The molecule has 2 aromatic carbocycles. The molecule has 0 spiro atoms. The minimum absolute atomic E-state index is 0.191. The summed E-state index contributed by atoms with van der Waals surface area (Å²) in [5, 5.41) is 2.20. The van der Waals surface area contributed by atoms with Crippen LogP contribution in [0.15, 0.2) is 64.9 Å². The van der Waals surface area contributed by atoms with Gasteiger partial charge in [0.25, 0.3) is 0 Å². The van der Waals surface area contributed by atoms with Crippen LogP contribution in [0, 0.1) is 0 Å². The molecule has 3 heterocycles. The number of hydrogen-bond acceptors (Lipinski definition) is 5. The second-order valence-electron chi connectivity index (χ2n) is 8.95. The van der Waals surface area contributed by atoms with E-state index < -0.39 is 10.0 Å². The molecule has 34 heavy (non-hydrogen) atoms. The van der Waals surface area contributed by atoms with Gasteiger partial charge in [0.1, 0.15) is 5.82 Å². The highest BCUT2D eigenvalue weighted by Gasteiger charge is 2.31. The zero-order chi connectivity index (χ0) is 23.9. The van der Waals surface area contributed by atoms with Crippen LogP contribution in [0.5, 0.6) is 0 Å². The number of benzene rings is 2. The van der Waals surface area contributed by atoms with E-state index in [2.05, 4.69) is 58.2 Å². The van der Waals surface area contributed by atoms with E-state index in [1.54, 1.807) is 26.2 Å². The Balaban J connectivity index is 1.56. The van der Waals surface area contributed by atoms with Gasteiger partial charge in [0.15, 0.2) is 0 Å². The lowest BCUT2D eigenvalue weighted by Crippen LogP contribution is -2.35. The molecule has 0 amide bonds. The first-order chi connectivity index (χ1) is 16.4. The van der Waals surface area contributed by atoms with Crippen molar-refractivity contribution in [2.24, 2.45) is 0 Å². The topological polar surface area (TPSA) is 58.4 Å². The first-order valence-electron chi connectivity index (χ1n) is 11.7. The predicted octanol–water partition coefficient (Wildman–Crippen LogP) is 4.91. The first-order valence-corrected chi connectivity index (χ1v) is 14.0. The van der Waals surface area contributed by atoms with Crippen molar-refractivity contribution in [1.82, 2.24) is 18.8 Å². The average molecular weight is 495 g/mol. The van der Waals surface area contributed by atoms with E-state index in [0.717, 1.165) is 42.8 Å². The largest absolute Gasteiger partial charge is 0.327 e. The summed E-state index contributed by atoms with van der Waals surface area (Å²) in [6.07, 6.45) is 2.02. The molecule has 1 aliphatic heterocycles. The SMILES string of the molecule is CCCn1c(CN2CCc3sccc3[C@@H]2c2ccccc2)nc2cc(S(=O)(=O)N(C)C)ccc21. The van der Waals surface area contributed by atoms with Crippen LogP contribution in [0.2, 0.25) is 0 Å². The van der Waals surface area contributed by atoms with Crippen molar-refractivity contribution < 1.29 is 8.42 Å². The molecule has 2 aromatic heterocycles. The van der Waals surface area contributed by atoms with Crippen LogP contribution >= 0.6 is 11.3 Å². The highest BCUT2D eigenvalue weighted by molar-refractivity contribution is 7.89. The Labute approximate surface area is 205 Å². The van der Waals surface area contributed by atoms with Gasteiger partial charge in [-0.25, -0.2) is 17.7 Å². The third-order valence-corrected chi connectivity index (χ3v) is 9.36. The summed E-state index contributed by atoms with van der Waals surface area (Å²) in [7, 11) is -0.399. The predicted molar refractivity (Wildman–Crippen MR) is 138 cm³/mol. The van der Waals surface area contributed by atoms with Crippen molar-refractivity contribution in [3.05, 3.63) is 81.8 Å². The number of fused-ring (bicyclic) bond motifs is 2. The van der Waals surface area contributed by atoms with Crippen molar-refractivity contribution in [3.8, 4) is 0 Å². The molecular weight excluding hydrogens is 464 g/mol. The van der Waals surface area contributed by atoms with Gasteiger partial charge in [-0.15, -0.1) is 11.3 Å². The molecule has 0 radical (unpaired) electrons. The number of aryl methyl sites for hydroxylation is 1. The number of thiophene rings is 1. The molecule has 6 nitrogen and oxygen atoms in total. The molecule has 0 bridgehead atoms. The molecule has 0 fully saturated rings. The highest BCUT2D eigenvalue weighted by atomic mass is 32.2. The number of aromatic nitrogens is 2. The van der Waals surface area contributed by atoms with Gasteiger partial charge in [0.05, 0.1) is 28.5 Å². The van der Waals surface area contributed by atoms with Crippen LogP contribution in [0.4, 0.5) is 0 Å². The summed E-state index contributed by atoms with van der Waals surface area (Å²) >= 11 is 1.85. The number of sulfonamides is 1. The zero-order valence-corrected chi connectivity index (χ0v) is 21.4. The maximum atomic E-state index is 12.7. The summed E-state index contributed by atoms with van der Waals surface area (Å²) in [4.78, 5) is 9.22. The third kappa shape index (κ3) is 4.09. The Morgan fingerprint density at radius 2 is 1.91 bits per heavy atom. The zero-order valence-electron chi connectivity index (χ0n) is 19.8. The van der Waals surface area contributed by atoms with E-state index in [9.17, 15) is 8.42 Å². The van der Waals surface area contributed by atoms with Gasteiger partial charge < -0.3 is 4.57 Å². The van der Waals surface area contributed by atoms with Gasteiger partial charge in [-0.3, -0.25) is 4.90 Å². The Hall–Kier alpha value is -2.52. The maximum absolute atomic E-state index is 12.7. The van der Waals surface area contributed by atoms with Crippen LogP contribution in [0.3, 0.4) is 0 Å². The molecule has 0 aliphatic carbocycles. The number of nitrogens with zero attached hydrogens (tertiary/aromatic N) is 4. The van der Waals surface area contributed by atoms with E-state index in [1.807, 2.05) is 17.4 Å². The number of rotatable bonds is 7. The fourth-order valence-corrected chi connectivity index (χ4v) is 6.70. The number of hydrogen-bond donors (Lipinski definition) is 0. The van der Waals surface area contributed by atoms with E-state index in [0.29, 0.717) is 6.54 Å². The van der Waals surface area contributed by atoms with Crippen LogP contribution in [-0.2, 0) is 29.5 Å².